The number of methoxy groups -OCH3 is 1. The van der Waals surface area contributed by atoms with E-state index in [4.69, 9.17) is 28.3 Å². The zero-order valence-electron chi connectivity index (χ0n) is 31.8. The lowest BCUT2D eigenvalue weighted by Gasteiger charge is -2.18. The molecule has 1 N–H and O–H groups in total. The van der Waals surface area contributed by atoms with E-state index in [0.29, 0.717) is 18.7 Å². The van der Waals surface area contributed by atoms with Crippen LogP contribution < -0.4 is 9.47 Å². The minimum absolute atomic E-state index is 0.102. The molecule has 16 nitrogen and oxygen atoms in total. The Morgan fingerprint density at radius 2 is 1.00 bits per heavy atom. The Bertz CT molecular complexity index is 2730. The number of halogens is 16. The number of alkyl halides is 14. The number of carbonyl (C=O) groups excluding carboxylic acids is 1. The standard InChI is InChI=1S/C17H11ClF7N5O3.C16H9ClF7N5O3/c1-29-13(10(33-15(19)20)11(28-29)16(21,22)17(23,24)25)30-6-8(5-27-30)7-3-9(14(31)32-2)12(18)26-4-7;1-28-12(9(32-14(18)19)10(27-28)15(20,21)16(22,23)24)29-5-7(4-26-29)6-2-8(13(30)31)11(17)25-3-6/h3-6,15H,1-2H3;2-5,14H,1H3,(H,30,31). The van der Waals surface area contributed by atoms with Crippen LogP contribution in [-0.4, -0.2) is 98.8 Å². The molecule has 0 radical (unpaired) electrons. The Balaban J connectivity index is 0.000000244. The Morgan fingerprint density at radius 1 is 0.631 bits per heavy atom. The van der Waals surface area contributed by atoms with Crippen LogP contribution in [0.4, 0.5) is 61.5 Å². The van der Waals surface area contributed by atoms with Crippen molar-refractivity contribution in [2.24, 2.45) is 14.1 Å². The highest BCUT2D eigenvalue weighted by Gasteiger charge is 2.64. The number of carboxylic acids is 1. The lowest BCUT2D eigenvalue weighted by molar-refractivity contribution is -0.291. The van der Waals surface area contributed by atoms with Gasteiger partial charge in [0, 0.05) is 61.1 Å². The van der Waals surface area contributed by atoms with Gasteiger partial charge in [-0.3, -0.25) is 0 Å². The van der Waals surface area contributed by atoms with Crippen molar-refractivity contribution in [3.05, 3.63) is 82.1 Å². The molecule has 6 aromatic rings. The molecule has 6 rings (SSSR count). The van der Waals surface area contributed by atoms with Crippen LogP contribution in [0.1, 0.15) is 32.1 Å². The van der Waals surface area contributed by atoms with Gasteiger partial charge in [-0.25, -0.2) is 38.3 Å². The summed E-state index contributed by atoms with van der Waals surface area (Å²) in [6, 6.07) is 2.35. The maximum atomic E-state index is 13.9. The Kier molecular flexibility index (Phi) is 13.7. The first-order chi connectivity index (χ1) is 30.0. The van der Waals surface area contributed by atoms with Gasteiger partial charge in [-0.15, -0.1) is 0 Å². The number of carboxylic acid groups (broad SMARTS) is 1. The van der Waals surface area contributed by atoms with Gasteiger partial charge in [-0.1, -0.05) is 23.2 Å². The molecule has 0 aromatic carbocycles. The average Bonchev–Trinajstić information content (AvgIpc) is 4.00. The number of rotatable bonds is 12. The van der Waals surface area contributed by atoms with E-state index in [-0.39, 0.29) is 43.7 Å². The molecular formula is C33H20Cl2F14N10O6. The number of hydrogen-bond acceptors (Lipinski definition) is 11. The fourth-order valence-corrected chi connectivity index (χ4v) is 5.73. The topological polar surface area (TPSA) is 179 Å². The molecule has 0 unspecified atom stereocenters. The molecule has 0 saturated heterocycles. The number of ether oxygens (including phenoxy) is 3. The zero-order chi connectivity index (χ0) is 48.7. The van der Waals surface area contributed by atoms with Crippen molar-refractivity contribution in [2.75, 3.05) is 7.11 Å². The van der Waals surface area contributed by atoms with Crippen LogP contribution in [0.2, 0.25) is 10.3 Å². The van der Waals surface area contributed by atoms with Crippen LogP contribution in [0.3, 0.4) is 0 Å². The summed E-state index contributed by atoms with van der Waals surface area (Å²) in [6.07, 6.45) is -5.66. The van der Waals surface area contributed by atoms with Crippen LogP contribution in [0.25, 0.3) is 33.9 Å². The minimum Gasteiger partial charge on any atom is -0.478 e. The molecule has 350 valence electrons. The van der Waals surface area contributed by atoms with Crippen molar-refractivity contribution in [3.8, 4) is 45.4 Å². The van der Waals surface area contributed by atoms with Crippen LogP contribution >= 0.6 is 23.2 Å². The molecule has 32 heteroatoms. The van der Waals surface area contributed by atoms with E-state index in [2.05, 4.69) is 44.6 Å². The molecule has 0 fully saturated rings. The first kappa shape index (κ1) is 49.3. The summed E-state index contributed by atoms with van der Waals surface area (Å²) in [7, 11) is 2.95. The molecule has 0 bridgehead atoms. The second-order valence-corrected chi connectivity index (χ2v) is 13.1. The van der Waals surface area contributed by atoms with Crippen molar-refractivity contribution >= 4 is 35.1 Å². The number of aromatic nitrogens is 10. The number of aromatic carboxylic acids is 1. The molecule has 0 saturated carbocycles. The van der Waals surface area contributed by atoms with Crippen molar-refractivity contribution in [3.63, 3.8) is 0 Å². The number of hydrogen-bond donors (Lipinski definition) is 1. The first-order valence-corrected chi connectivity index (χ1v) is 17.4. The highest BCUT2D eigenvalue weighted by Crippen LogP contribution is 2.50. The number of nitrogens with zero attached hydrogens (tertiary/aromatic N) is 10. The Labute approximate surface area is 360 Å². The van der Waals surface area contributed by atoms with Crippen LogP contribution in [0.15, 0.2) is 49.3 Å². The summed E-state index contributed by atoms with van der Waals surface area (Å²) < 4.78 is 199. The Morgan fingerprint density at radius 3 is 1.34 bits per heavy atom. The fraction of sp³-hybridized carbons (Fsp3) is 0.273. The van der Waals surface area contributed by atoms with Gasteiger partial charge >= 0.3 is 49.4 Å². The molecule has 6 heterocycles. The summed E-state index contributed by atoms with van der Waals surface area (Å²) in [6.45, 7) is -7.50. The van der Waals surface area contributed by atoms with E-state index in [1.54, 1.807) is 0 Å². The monoisotopic (exact) mass is 988 g/mol. The van der Waals surface area contributed by atoms with Crippen molar-refractivity contribution in [1.82, 2.24) is 49.1 Å². The van der Waals surface area contributed by atoms with E-state index in [9.17, 15) is 71.1 Å². The summed E-state index contributed by atoms with van der Waals surface area (Å²) in [5, 5.41) is 22.2. The number of aryl methyl sites for hydroxylation is 2. The molecule has 0 atom stereocenters. The molecule has 0 amide bonds. The maximum Gasteiger partial charge on any atom is 0.459 e. The lowest BCUT2D eigenvalue weighted by Crippen LogP contribution is -2.34. The fourth-order valence-electron chi connectivity index (χ4n) is 5.36. The smallest absolute Gasteiger partial charge is 0.459 e. The Hall–Kier alpha value is -6.72. The predicted molar refractivity (Wildman–Crippen MR) is 189 cm³/mol. The SMILES string of the molecule is COC(=O)c1cc(-c2cnn(-c3c(OC(F)F)c(C(F)(F)C(F)(F)F)nn3C)c2)cnc1Cl.Cn1nc(C(F)(F)C(F)(F)F)c(OC(F)F)c1-n1cc(-c2cnc(Cl)c(C(=O)O)c2)cn1. The summed E-state index contributed by atoms with van der Waals surface area (Å²) in [5.41, 5.74) is -4.05. The summed E-state index contributed by atoms with van der Waals surface area (Å²) >= 11 is 11.5. The lowest BCUT2D eigenvalue weighted by atomic mass is 10.1. The van der Waals surface area contributed by atoms with Gasteiger partial charge in [-0.2, -0.15) is 81.9 Å². The first-order valence-electron chi connectivity index (χ1n) is 16.7. The predicted octanol–water partition coefficient (Wildman–Crippen LogP) is 8.64. The number of esters is 1. The van der Waals surface area contributed by atoms with Crippen molar-refractivity contribution in [1.29, 1.82) is 0 Å². The second-order valence-electron chi connectivity index (χ2n) is 12.4. The largest absolute Gasteiger partial charge is 0.478 e. The van der Waals surface area contributed by atoms with E-state index in [1.165, 1.54) is 12.3 Å². The number of pyridine rings is 2. The van der Waals surface area contributed by atoms with E-state index in [1.807, 2.05) is 0 Å². The van der Waals surface area contributed by atoms with E-state index >= 15 is 0 Å². The van der Waals surface area contributed by atoms with Crippen molar-refractivity contribution < 1.29 is 90.4 Å². The molecular weight excluding hydrogens is 969 g/mol. The van der Waals surface area contributed by atoms with Gasteiger partial charge in [0.25, 0.3) is 0 Å². The van der Waals surface area contributed by atoms with Gasteiger partial charge in [0.05, 0.1) is 30.6 Å². The molecule has 0 aliphatic carbocycles. The van der Waals surface area contributed by atoms with Gasteiger partial charge in [0.15, 0.2) is 34.5 Å². The molecule has 0 spiro atoms. The third-order valence-electron chi connectivity index (χ3n) is 8.25. The van der Waals surface area contributed by atoms with Gasteiger partial charge in [0.1, 0.15) is 10.3 Å². The zero-order valence-corrected chi connectivity index (χ0v) is 33.3. The quantitative estimate of drug-likeness (QED) is 0.0702. The third kappa shape index (κ3) is 9.85. The second kappa shape index (κ2) is 18.0. The number of carbonyl (C=O) groups is 2. The van der Waals surface area contributed by atoms with Gasteiger partial charge in [-0.05, 0) is 12.1 Å². The molecule has 0 aliphatic heterocycles. The van der Waals surface area contributed by atoms with Crippen molar-refractivity contribution in [2.45, 2.75) is 37.4 Å². The van der Waals surface area contributed by atoms with Gasteiger partial charge < -0.3 is 19.3 Å². The van der Waals surface area contributed by atoms with Crippen LogP contribution in [0, 0.1) is 0 Å². The normalized spacial score (nSPS) is 12.4. The van der Waals surface area contributed by atoms with Crippen LogP contribution in [-0.2, 0) is 30.7 Å². The average molecular weight is 989 g/mol. The maximum absolute atomic E-state index is 13.9. The third-order valence-corrected chi connectivity index (χ3v) is 8.85. The molecule has 65 heavy (non-hydrogen) atoms. The summed E-state index contributed by atoms with van der Waals surface area (Å²) in [5.74, 6) is -18.0. The summed E-state index contributed by atoms with van der Waals surface area (Å²) in [4.78, 5) is 30.5. The van der Waals surface area contributed by atoms with Crippen LogP contribution in [0.5, 0.6) is 11.5 Å². The van der Waals surface area contributed by atoms with E-state index < -0.39 is 83.9 Å². The molecule has 6 aromatic heterocycles. The minimum atomic E-state index is -6.14. The highest BCUT2D eigenvalue weighted by molar-refractivity contribution is 6.32. The van der Waals surface area contributed by atoms with Gasteiger partial charge in [0.2, 0.25) is 0 Å². The molecule has 0 aliphatic rings. The van der Waals surface area contributed by atoms with E-state index in [0.717, 1.165) is 58.3 Å². The highest BCUT2D eigenvalue weighted by atomic mass is 35.5.